The summed E-state index contributed by atoms with van der Waals surface area (Å²) in [5.41, 5.74) is 1.08. The van der Waals surface area contributed by atoms with Gasteiger partial charge >= 0.3 is 5.97 Å². The maximum atomic E-state index is 10.9. The number of carbonyl (C=O) groups is 1. The number of ether oxygens (including phenoxy) is 1. The molecule has 0 unspecified atom stereocenters. The molecule has 0 amide bonds. The second-order valence-electron chi connectivity index (χ2n) is 2.79. The van der Waals surface area contributed by atoms with Crippen LogP contribution in [0.25, 0.3) is 0 Å². The predicted molar refractivity (Wildman–Crippen MR) is 46.7 cm³/mol. The highest BCUT2D eigenvalue weighted by Crippen LogP contribution is 2.00. The van der Waals surface area contributed by atoms with E-state index in [9.17, 15) is 9.90 Å². The first-order valence-electron chi connectivity index (χ1n) is 4.06. The molecule has 0 spiro atoms. The Kier molecular flexibility index (Phi) is 5.37. The third kappa shape index (κ3) is 4.91. The number of carbonyl (C=O) groups excluding carboxylic acids is 1. The van der Waals surface area contributed by atoms with Crippen molar-refractivity contribution in [1.82, 2.24) is 0 Å². The molecule has 12 heavy (non-hydrogen) atoms. The van der Waals surface area contributed by atoms with Gasteiger partial charge in [-0.1, -0.05) is 11.6 Å². The Bertz CT molecular complexity index is 169. The number of rotatable bonds is 4. The Hall–Kier alpha value is -0.830. The minimum atomic E-state index is -1.01. The molecule has 3 heteroatoms. The fourth-order valence-corrected chi connectivity index (χ4v) is 0.682. The molecule has 0 heterocycles. The smallest absolute Gasteiger partial charge is 0.335 e. The Labute approximate surface area is 73.0 Å². The first kappa shape index (κ1) is 11.2. The third-order valence-corrected chi connectivity index (χ3v) is 1.31. The molecule has 0 radical (unpaired) electrons. The summed E-state index contributed by atoms with van der Waals surface area (Å²) in [4.78, 5) is 10.9. The van der Waals surface area contributed by atoms with E-state index in [1.54, 1.807) is 6.92 Å². The van der Waals surface area contributed by atoms with Gasteiger partial charge in [0.05, 0.1) is 6.61 Å². The van der Waals surface area contributed by atoms with Crippen molar-refractivity contribution in [3.05, 3.63) is 11.6 Å². The quantitative estimate of drug-likeness (QED) is 0.513. The second-order valence-corrected chi connectivity index (χ2v) is 2.79. The van der Waals surface area contributed by atoms with Gasteiger partial charge in [-0.05, 0) is 20.8 Å². The van der Waals surface area contributed by atoms with E-state index < -0.39 is 12.1 Å². The summed E-state index contributed by atoms with van der Waals surface area (Å²) in [5.74, 6) is -0.546. The molecule has 1 N–H and O–H groups in total. The van der Waals surface area contributed by atoms with Gasteiger partial charge in [0.1, 0.15) is 0 Å². The molecule has 0 aliphatic rings. The van der Waals surface area contributed by atoms with E-state index in [0.717, 1.165) is 5.57 Å². The van der Waals surface area contributed by atoms with Gasteiger partial charge in [-0.15, -0.1) is 0 Å². The summed E-state index contributed by atoms with van der Waals surface area (Å²) in [6.45, 7) is 5.85. The Morgan fingerprint density at radius 2 is 2.17 bits per heavy atom. The van der Waals surface area contributed by atoms with Gasteiger partial charge in [0.25, 0.3) is 0 Å². The molecule has 0 aromatic rings. The van der Waals surface area contributed by atoms with Crippen molar-refractivity contribution in [1.29, 1.82) is 0 Å². The number of aliphatic hydroxyl groups is 1. The van der Waals surface area contributed by atoms with E-state index in [0.29, 0.717) is 13.0 Å². The molecule has 0 bridgehead atoms. The van der Waals surface area contributed by atoms with Crippen LogP contribution in [0, 0.1) is 0 Å². The highest BCUT2D eigenvalue weighted by Gasteiger charge is 2.13. The molecule has 0 aliphatic carbocycles. The minimum Gasteiger partial charge on any atom is -0.464 e. The van der Waals surface area contributed by atoms with Crippen LogP contribution in [0.1, 0.15) is 27.2 Å². The van der Waals surface area contributed by atoms with Gasteiger partial charge in [-0.3, -0.25) is 0 Å². The van der Waals surface area contributed by atoms with Crippen LogP contribution in [0.2, 0.25) is 0 Å². The second kappa shape index (κ2) is 5.77. The number of esters is 1. The molecule has 0 fully saturated rings. The fraction of sp³-hybridized carbons (Fsp3) is 0.667. The zero-order valence-electron chi connectivity index (χ0n) is 7.83. The van der Waals surface area contributed by atoms with Crippen molar-refractivity contribution >= 4 is 5.97 Å². The summed E-state index contributed by atoms with van der Waals surface area (Å²) in [6.07, 6.45) is 1.13. The average Bonchev–Trinajstić information content (AvgIpc) is 2.00. The fourth-order valence-electron chi connectivity index (χ4n) is 0.682. The van der Waals surface area contributed by atoms with Crippen molar-refractivity contribution in [2.45, 2.75) is 33.3 Å². The molecule has 0 aromatic carbocycles. The molecular weight excluding hydrogens is 156 g/mol. The average molecular weight is 172 g/mol. The van der Waals surface area contributed by atoms with E-state index in [2.05, 4.69) is 4.74 Å². The summed E-state index contributed by atoms with van der Waals surface area (Å²) < 4.78 is 4.62. The molecule has 0 saturated carbocycles. The van der Waals surface area contributed by atoms with E-state index in [4.69, 9.17) is 0 Å². The van der Waals surface area contributed by atoms with E-state index in [1.165, 1.54) is 0 Å². The highest BCUT2D eigenvalue weighted by atomic mass is 16.5. The molecule has 0 aromatic heterocycles. The molecule has 1 atom stereocenters. The van der Waals surface area contributed by atoms with Gasteiger partial charge < -0.3 is 9.84 Å². The monoisotopic (exact) mass is 172 g/mol. The molecule has 70 valence electrons. The van der Waals surface area contributed by atoms with Crippen molar-refractivity contribution in [3.63, 3.8) is 0 Å². The van der Waals surface area contributed by atoms with Gasteiger partial charge in [-0.25, -0.2) is 4.79 Å². The SMILES string of the molecule is CCOC(=O)[C@H](O)CC=C(C)C. The number of aliphatic hydroxyl groups excluding tert-OH is 1. The molecule has 0 rings (SSSR count). The maximum absolute atomic E-state index is 10.9. The van der Waals surface area contributed by atoms with Gasteiger partial charge in [0, 0.05) is 6.42 Å². The van der Waals surface area contributed by atoms with Crippen molar-refractivity contribution < 1.29 is 14.6 Å². The third-order valence-electron chi connectivity index (χ3n) is 1.31. The molecule has 0 aliphatic heterocycles. The number of hydrogen-bond acceptors (Lipinski definition) is 3. The van der Waals surface area contributed by atoms with Crippen LogP contribution in [0.15, 0.2) is 11.6 Å². The number of hydrogen-bond donors (Lipinski definition) is 1. The largest absolute Gasteiger partial charge is 0.464 e. The van der Waals surface area contributed by atoms with Crippen LogP contribution in [0.5, 0.6) is 0 Å². The lowest BCUT2D eigenvalue weighted by Gasteiger charge is -2.06. The van der Waals surface area contributed by atoms with Crippen LogP contribution >= 0.6 is 0 Å². The Balaban J connectivity index is 3.79. The molecule has 0 saturated heterocycles. The summed E-state index contributed by atoms with van der Waals surface area (Å²) >= 11 is 0. The van der Waals surface area contributed by atoms with E-state index in [-0.39, 0.29) is 0 Å². The normalized spacial score (nSPS) is 12.0. The van der Waals surface area contributed by atoms with Crippen LogP contribution in [-0.4, -0.2) is 23.8 Å². The van der Waals surface area contributed by atoms with Gasteiger partial charge in [-0.2, -0.15) is 0 Å². The predicted octanol–water partition coefficient (Wildman–Crippen LogP) is 1.27. The van der Waals surface area contributed by atoms with Crippen LogP contribution < -0.4 is 0 Å². The summed E-state index contributed by atoms with van der Waals surface area (Å²) in [6, 6.07) is 0. The van der Waals surface area contributed by atoms with Crippen LogP contribution in [-0.2, 0) is 9.53 Å². The highest BCUT2D eigenvalue weighted by molar-refractivity contribution is 5.74. The van der Waals surface area contributed by atoms with E-state index in [1.807, 2.05) is 19.9 Å². The lowest BCUT2D eigenvalue weighted by Crippen LogP contribution is -2.22. The summed E-state index contributed by atoms with van der Waals surface area (Å²) in [5, 5.41) is 9.18. The van der Waals surface area contributed by atoms with Crippen molar-refractivity contribution in [3.8, 4) is 0 Å². The summed E-state index contributed by atoms with van der Waals surface area (Å²) in [7, 11) is 0. The van der Waals surface area contributed by atoms with Crippen molar-refractivity contribution in [2.24, 2.45) is 0 Å². The number of allylic oxidation sites excluding steroid dienone is 1. The maximum Gasteiger partial charge on any atom is 0.335 e. The minimum absolute atomic E-state index is 0.310. The topological polar surface area (TPSA) is 46.5 Å². The Morgan fingerprint density at radius 1 is 1.58 bits per heavy atom. The van der Waals surface area contributed by atoms with Gasteiger partial charge in [0.15, 0.2) is 6.10 Å². The first-order chi connectivity index (χ1) is 5.57. The zero-order valence-corrected chi connectivity index (χ0v) is 7.83. The van der Waals surface area contributed by atoms with Crippen LogP contribution in [0.3, 0.4) is 0 Å². The lowest BCUT2D eigenvalue weighted by molar-refractivity contribution is -0.152. The first-order valence-corrected chi connectivity index (χ1v) is 4.06. The zero-order chi connectivity index (χ0) is 9.56. The lowest BCUT2D eigenvalue weighted by atomic mass is 10.2. The molecule has 3 nitrogen and oxygen atoms in total. The molecular formula is C9H16O3. The Morgan fingerprint density at radius 3 is 2.58 bits per heavy atom. The van der Waals surface area contributed by atoms with Gasteiger partial charge in [0.2, 0.25) is 0 Å². The van der Waals surface area contributed by atoms with E-state index >= 15 is 0 Å². The standard InChI is InChI=1S/C9H16O3/c1-4-12-9(11)8(10)6-5-7(2)3/h5,8,10H,4,6H2,1-3H3/t8-/m1/s1. The van der Waals surface area contributed by atoms with Crippen molar-refractivity contribution in [2.75, 3.05) is 6.61 Å². The van der Waals surface area contributed by atoms with Crippen LogP contribution in [0.4, 0.5) is 0 Å².